The average molecular weight is 590 g/mol. The third-order valence-corrected chi connectivity index (χ3v) is 9.20. The summed E-state index contributed by atoms with van der Waals surface area (Å²) in [6, 6.07) is 31.1. The maximum absolute atomic E-state index is 10.9. The van der Waals surface area contributed by atoms with Crippen LogP contribution in [-0.4, -0.2) is 19.6 Å². The third kappa shape index (κ3) is 4.37. The monoisotopic (exact) mass is 589 g/mol. The van der Waals surface area contributed by atoms with Crippen molar-refractivity contribution >= 4 is 21.9 Å². The quantitative estimate of drug-likeness (QED) is 0.217. The van der Waals surface area contributed by atoms with E-state index in [-0.39, 0.29) is 5.75 Å². The van der Waals surface area contributed by atoms with Crippen LogP contribution in [0.5, 0.6) is 5.75 Å². The highest BCUT2D eigenvalue weighted by Crippen LogP contribution is 2.42. The number of fused-ring (bicyclic) bond motifs is 6. The van der Waals surface area contributed by atoms with Gasteiger partial charge in [0.1, 0.15) is 28.4 Å². The second kappa shape index (κ2) is 10.5. The lowest BCUT2D eigenvalue weighted by Gasteiger charge is -2.22. The van der Waals surface area contributed by atoms with Gasteiger partial charge in [-0.05, 0) is 71.2 Å². The SMILES string of the molecule is CC(C)c1cccc(C(C)C)c1-n1cc(-c2ccc3c(n2)-c2c(O)cccc2CC3)nc1-c1cccc2oc3ccccc3c12. The highest BCUT2D eigenvalue weighted by Gasteiger charge is 2.25. The topological polar surface area (TPSA) is 64.1 Å². The number of aryl methyl sites for hydroxylation is 2. The number of para-hydroxylation sites is 2. The molecule has 0 saturated heterocycles. The van der Waals surface area contributed by atoms with Crippen molar-refractivity contribution in [3.63, 3.8) is 0 Å². The van der Waals surface area contributed by atoms with Gasteiger partial charge in [-0.1, -0.05) is 94.4 Å². The van der Waals surface area contributed by atoms with E-state index in [1.54, 1.807) is 6.07 Å². The summed E-state index contributed by atoms with van der Waals surface area (Å²) in [5.74, 6) is 1.74. The van der Waals surface area contributed by atoms with E-state index in [0.717, 1.165) is 79.9 Å². The molecule has 5 nitrogen and oxygen atoms in total. The number of hydrogen-bond acceptors (Lipinski definition) is 4. The van der Waals surface area contributed by atoms with E-state index >= 15 is 0 Å². The lowest BCUT2D eigenvalue weighted by molar-refractivity contribution is 0.476. The Hall–Kier alpha value is -5.16. The summed E-state index contributed by atoms with van der Waals surface area (Å²) >= 11 is 0. The molecule has 0 spiro atoms. The maximum Gasteiger partial charge on any atom is 0.146 e. The minimum absolute atomic E-state index is 0.273. The lowest BCUT2D eigenvalue weighted by Crippen LogP contribution is -2.08. The minimum Gasteiger partial charge on any atom is -0.507 e. The number of aromatic hydroxyl groups is 1. The molecule has 0 radical (unpaired) electrons. The van der Waals surface area contributed by atoms with E-state index in [0.29, 0.717) is 11.8 Å². The van der Waals surface area contributed by atoms with Gasteiger partial charge in [0.2, 0.25) is 0 Å². The standard InChI is InChI=1S/C40H35N3O2/c1-23(2)27-12-8-13-28(24(3)4)39(27)43-22-32(31-21-20-26-19-18-25-10-7-15-33(44)36(25)38(26)41-31)42-40(43)30-14-9-17-35-37(30)29-11-5-6-16-34(29)45-35/h5-17,20-24,44H,18-19H2,1-4H3. The molecule has 3 heterocycles. The first-order valence-electron chi connectivity index (χ1n) is 15.8. The van der Waals surface area contributed by atoms with Gasteiger partial charge in [-0.15, -0.1) is 0 Å². The Kier molecular flexibility index (Phi) is 6.38. The van der Waals surface area contributed by atoms with Crippen molar-refractivity contribution < 1.29 is 9.52 Å². The van der Waals surface area contributed by atoms with Crippen molar-refractivity contribution in [3.05, 3.63) is 119 Å². The summed E-state index contributed by atoms with van der Waals surface area (Å²) in [6.07, 6.45) is 3.93. The Balaban J connectivity index is 1.43. The largest absolute Gasteiger partial charge is 0.507 e. The van der Waals surface area contributed by atoms with Gasteiger partial charge >= 0.3 is 0 Å². The number of rotatable bonds is 5. The third-order valence-electron chi connectivity index (χ3n) is 9.20. The zero-order valence-electron chi connectivity index (χ0n) is 26.0. The fourth-order valence-corrected chi connectivity index (χ4v) is 7.00. The van der Waals surface area contributed by atoms with E-state index < -0.39 is 0 Å². The van der Waals surface area contributed by atoms with Crippen molar-refractivity contribution in [1.29, 1.82) is 0 Å². The zero-order valence-corrected chi connectivity index (χ0v) is 26.0. The molecule has 1 N–H and O–H groups in total. The number of benzene rings is 4. The summed E-state index contributed by atoms with van der Waals surface area (Å²) in [7, 11) is 0. The van der Waals surface area contributed by atoms with Gasteiger partial charge in [-0.25, -0.2) is 9.97 Å². The van der Waals surface area contributed by atoms with Gasteiger partial charge in [-0.3, -0.25) is 4.57 Å². The number of pyridine rings is 1. The predicted molar refractivity (Wildman–Crippen MR) is 182 cm³/mol. The molecule has 0 fully saturated rings. The van der Waals surface area contributed by atoms with Crippen molar-refractivity contribution in [1.82, 2.24) is 14.5 Å². The van der Waals surface area contributed by atoms with Crippen molar-refractivity contribution in [2.24, 2.45) is 0 Å². The number of phenolic OH excluding ortho intramolecular Hbond substituents is 1. The summed E-state index contributed by atoms with van der Waals surface area (Å²) in [6.45, 7) is 9.00. The molecule has 0 unspecified atom stereocenters. The smallest absolute Gasteiger partial charge is 0.146 e. The molecule has 0 amide bonds. The van der Waals surface area contributed by atoms with Gasteiger partial charge in [0.15, 0.2) is 0 Å². The first-order chi connectivity index (χ1) is 21.9. The van der Waals surface area contributed by atoms with Gasteiger partial charge in [-0.2, -0.15) is 0 Å². The number of phenols is 1. The van der Waals surface area contributed by atoms with Crippen LogP contribution in [0.2, 0.25) is 0 Å². The number of nitrogens with zero attached hydrogens (tertiary/aromatic N) is 3. The molecule has 7 aromatic rings. The van der Waals surface area contributed by atoms with Crippen LogP contribution in [0.15, 0.2) is 102 Å². The Morgan fingerprint density at radius 3 is 2.20 bits per heavy atom. The van der Waals surface area contributed by atoms with E-state index in [1.807, 2.05) is 30.3 Å². The molecule has 222 valence electrons. The average Bonchev–Trinajstić information content (AvgIpc) is 3.66. The fourth-order valence-electron chi connectivity index (χ4n) is 7.00. The maximum atomic E-state index is 10.9. The number of aromatic nitrogens is 3. The van der Waals surface area contributed by atoms with E-state index in [1.165, 1.54) is 16.8 Å². The molecule has 0 saturated carbocycles. The summed E-state index contributed by atoms with van der Waals surface area (Å²) in [5, 5.41) is 13.0. The fraction of sp³-hybridized carbons (Fsp3) is 0.200. The second-order valence-electron chi connectivity index (χ2n) is 12.7. The minimum atomic E-state index is 0.273. The van der Waals surface area contributed by atoms with Crippen molar-refractivity contribution in [2.45, 2.75) is 52.4 Å². The number of imidazole rings is 1. The zero-order chi connectivity index (χ0) is 30.8. The number of hydrogen-bond donors (Lipinski definition) is 1. The molecule has 3 aromatic heterocycles. The van der Waals surface area contributed by atoms with E-state index in [2.05, 4.69) is 93.1 Å². The van der Waals surface area contributed by atoms with E-state index in [9.17, 15) is 5.11 Å². The van der Waals surface area contributed by atoms with Crippen LogP contribution >= 0.6 is 0 Å². The van der Waals surface area contributed by atoms with E-state index in [4.69, 9.17) is 14.4 Å². The van der Waals surface area contributed by atoms with Crippen LogP contribution in [-0.2, 0) is 12.8 Å². The summed E-state index contributed by atoms with van der Waals surface area (Å²) < 4.78 is 8.59. The van der Waals surface area contributed by atoms with Crippen LogP contribution in [0.4, 0.5) is 0 Å². The molecule has 0 bridgehead atoms. The Morgan fingerprint density at radius 1 is 0.689 bits per heavy atom. The van der Waals surface area contributed by atoms with Crippen molar-refractivity contribution in [2.75, 3.05) is 0 Å². The Morgan fingerprint density at radius 2 is 1.40 bits per heavy atom. The first-order valence-corrected chi connectivity index (χ1v) is 15.8. The second-order valence-corrected chi connectivity index (χ2v) is 12.7. The molecule has 0 aliphatic heterocycles. The summed E-state index contributed by atoms with van der Waals surface area (Å²) in [5.41, 5.74) is 11.9. The summed E-state index contributed by atoms with van der Waals surface area (Å²) in [4.78, 5) is 10.6. The molecule has 1 aliphatic carbocycles. The highest BCUT2D eigenvalue weighted by atomic mass is 16.3. The molecule has 1 aliphatic rings. The van der Waals surface area contributed by atoms with Crippen LogP contribution in [0, 0.1) is 0 Å². The molecular weight excluding hydrogens is 554 g/mol. The van der Waals surface area contributed by atoms with Gasteiger partial charge < -0.3 is 9.52 Å². The molecule has 4 aromatic carbocycles. The number of furan rings is 1. The van der Waals surface area contributed by atoms with Crippen LogP contribution in [0.3, 0.4) is 0 Å². The Bertz CT molecular complexity index is 2230. The normalized spacial score (nSPS) is 12.8. The van der Waals surface area contributed by atoms with Crippen LogP contribution < -0.4 is 0 Å². The van der Waals surface area contributed by atoms with Crippen molar-refractivity contribution in [3.8, 4) is 45.5 Å². The molecule has 0 atom stereocenters. The lowest BCUT2D eigenvalue weighted by atomic mass is 9.88. The highest BCUT2D eigenvalue weighted by molar-refractivity contribution is 6.12. The molecule has 45 heavy (non-hydrogen) atoms. The van der Waals surface area contributed by atoms with Crippen LogP contribution in [0.25, 0.3) is 61.7 Å². The predicted octanol–water partition coefficient (Wildman–Crippen LogP) is 10.2. The van der Waals surface area contributed by atoms with Crippen LogP contribution in [0.1, 0.15) is 61.8 Å². The molecule has 8 rings (SSSR count). The first kappa shape index (κ1) is 27.4. The van der Waals surface area contributed by atoms with Gasteiger partial charge in [0.25, 0.3) is 0 Å². The molecular formula is C40H35N3O2. The van der Waals surface area contributed by atoms with Gasteiger partial charge in [0.05, 0.1) is 17.1 Å². The van der Waals surface area contributed by atoms with Gasteiger partial charge in [0, 0.05) is 28.1 Å². The Labute approximate surface area is 262 Å². The molecule has 5 heteroatoms.